The van der Waals surface area contributed by atoms with E-state index < -0.39 is 0 Å². The molecule has 7 heteroatoms. The van der Waals surface area contributed by atoms with Crippen LogP contribution in [-0.4, -0.2) is 32.3 Å². The number of aliphatic hydroxyl groups is 1. The molecule has 1 aliphatic heterocycles. The van der Waals surface area contributed by atoms with Crippen molar-refractivity contribution in [1.29, 1.82) is 0 Å². The lowest BCUT2D eigenvalue weighted by Gasteiger charge is -2.37. The fourth-order valence-corrected chi connectivity index (χ4v) is 4.67. The SMILES string of the molecule is Cc1noc(C)c1-c1ccc2c(c1)nc([C@@H]1CCC(=O)N1)n2C1CC(CO)C1. The van der Waals surface area contributed by atoms with Gasteiger partial charge in [0.1, 0.15) is 11.6 Å². The zero-order valence-corrected chi connectivity index (χ0v) is 16.1. The smallest absolute Gasteiger partial charge is 0.220 e. The number of hydrogen-bond acceptors (Lipinski definition) is 5. The van der Waals surface area contributed by atoms with E-state index in [9.17, 15) is 9.90 Å². The highest BCUT2D eigenvalue weighted by molar-refractivity contribution is 5.84. The third kappa shape index (κ3) is 2.64. The minimum atomic E-state index is -0.0457. The quantitative estimate of drug-likeness (QED) is 0.725. The number of rotatable bonds is 4. The van der Waals surface area contributed by atoms with E-state index in [1.807, 2.05) is 13.8 Å². The number of hydrogen-bond donors (Lipinski definition) is 2. The summed E-state index contributed by atoms with van der Waals surface area (Å²) >= 11 is 0. The molecule has 2 aliphatic rings. The number of nitrogens with zero attached hydrogens (tertiary/aromatic N) is 3. The molecule has 2 N–H and O–H groups in total. The average molecular weight is 380 g/mol. The molecule has 5 rings (SSSR count). The van der Waals surface area contributed by atoms with Crippen LogP contribution in [0.25, 0.3) is 22.2 Å². The Morgan fingerprint density at radius 2 is 2.14 bits per heavy atom. The highest BCUT2D eigenvalue weighted by Gasteiger charge is 2.35. The molecule has 7 nitrogen and oxygen atoms in total. The van der Waals surface area contributed by atoms with E-state index in [2.05, 4.69) is 33.2 Å². The number of aliphatic hydroxyl groups excluding tert-OH is 1. The van der Waals surface area contributed by atoms with Gasteiger partial charge in [0.05, 0.1) is 22.8 Å². The summed E-state index contributed by atoms with van der Waals surface area (Å²) < 4.78 is 7.61. The molecule has 0 bridgehead atoms. The van der Waals surface area contributed by atoms with E-state index in [4.69, 9.17) is 9.51 Å². The zero-order valence-electron chi connectivity index (χ0n) is 16.1. The van der Waals surface area contributed by atoms with Gasteiger partial charge in [0.15, 0.2) is 0 Å². The van der Waals surface area contributed by atoms with Crippen LogP contribution in [0.4, 0.5) is 0 Å². The topological polar surface area (TPSA) is 93.2 Å². The monoisotopic (exact) mass is 380 g/mol. The van der Waals surface area contributed by atoms with E-state index in [0.717, 1.165) is 58.7 Å². The van der Waals surface area contributed by atoms with Gasteiger partial charge in [-0.25, -0.2) is 4.98 Å². The van der Waals surface area contributed by atoms with Crippen LogP contribution in [0.5, 0.6) is 0 Å². The van der Waals surface area contributed by atoms with Crippen molar-refractivity contribution in [3.63, 3.8) is 0 Å². The number of amides is 1. The first-order valence-electron chi connectivity index (χ1n) is 9.90. The predicted octanol–water partition coefficient (Wildman–Crippen LogP) is 3.20. The van der Waals surface area contributed by atoms with Gasteiger partial charge in [0, 0.05) is 24.6 Å². The lowest BCUT2D eigenvalue weighted by atomic mass is 9.80. The molecule has 1 amide bonds. The second kappa shape index (κ2) is 6.44. The van der Waals surface area contributed by atoms with Crippen molar-refractivity contribution in [3.8, 4) is 11.1 Å². The second-order valence-corrected chi connectivity index (χ2v) is 8.08. The summed E-state index contributed by atoms with van der Waals surface area (Å²) in [7, 11) is 0. The molecule has 2 aromatic heterocycles. The van der Waals surface area contributed by atoms with Crippen molar-refractivity contribution in [2.24, 2.45) is 5.92 Å². The van der Waals surface area contributed by atoms with Crippen LogP contribution < -0.4 is 5.32 Å². The molecule has 0 spiro atoms. The minimum absolute atomic E-state index is 0.0457. The molecule has 1 saturated heterocycles. The normalized spacial score (nSPS) is 24.5. The Labute approximate surface area is 162 Å². The Balaban J connectivity index is 1.62. The fourth-order valence-electron chi connectivity index (χ4n) is 4.67. The van der Waals surface area contributed by atoms with Gasteiger partial charge >= 0.3 is 0 Å². The molecule has 1 aliphatic carbocycles. The maximum Gasteiger partial charge on any atom is 0.220 e. The predicted molar refractivity (Wildman–Crippen MR) is 104 cm³/mol. The Morgan fingerprint density at radius 1 is 1.32 bits per heavy atom. The number of benzene rings is 1. The number of fused-ring (bicyclic) bond motifs is 1. The van der Waals surface area contributed by atoms with Gasteiger partial charge in [-0.15, -0.1) is 0 Å². The summed E-state index contributed by atoms with van der Waals surface area (Å²) in [6.07, 6.45) is 3.21. The Hall–Kier alpha value is -2.67. The van der Waals surface area contributed by atoms with Crippen molar-refractivity contribution < 1.29 is 14.4 Å². The van der Waals surface area contributed by atoms with Crippen LogP contribution in [0.15, 0.2) is 22.7 Å². The molecule has 1 aromatic carbocycles. The van der Waals surface area contributed by atoms with Crippen molar-refractivity contribution in [2.75, 3.05) is 6.61 Å². The molecule has 1 saturated carbocycles. The molecule has 0 unspecified atom stereocenters. The summed E-state index contributed by atoms with van der Waals surface area (Å²) in [6.45, 7) is 4.09. The average Bonchev–Trinajstić information content (AvgIpc) is 3.31. The highest BCUT2D eigenvalue weighted by Crippen LogP contribution is 2.42. The number of carbonyl (C=O) groups is 1. The van der Waals surface area contributed by atoms with E-state index in [1.165, 1.54) is 0 Å². The molecule has 146 valence electrons. The van der Waals surface area contributed by atoms with Crippen molar-refractivity contribution in [2.45, 2.75) is 51.6 Å². The molecule has 2 fully saturated rings. The number of carbonyl (C=O) groups excluding carboxylic acids is 1. The van der Waals surface area contributed by atoms with Gasteiger partial charge < -0.3 is 19.5 Å². The summed E-state index contributed by atoms with van der Waals surface area (Å²) in [5, 5.41) is 16.6. The summed E-state index contributed by atoms with van der Waals surface area (Å²) in [6, 6.07) is 6.55. The first-order valence-corrected chi connectivity index (χ1v) is 9.90. The number of aryl methyl sites for hydroxylation is 2. The van der Waals surface area contributed by atoms with Crippen molar-refractivity contribution >= 4 is 16.9 Å². The maximum atomic E-state index is 11.8. The Bertz CT molecular complexity index is 1040. The van der Waals surface area contributed by atoms with Gasteiger partial charge in [-0.05, 0) is 56.7 Å². The standard InChI is InChI=1S/C21H24N4O3/c1-11-20(12(2)28-24-11)14-3-5-18-17(9-14)23-21(16-4-6-19(27)22-16)25(18)15-7-13(8-15)10-26/h3,5,9,13,15-16,26H,4,6-8,10H2,1-2H3,(H,22,27)/t13?,15?,16-/m0/s1. The molecule has 28 heavy (non-hydrogen) atoms. The fraction of sp³-hybridized carbons (Fsp3) is 0.476. The maximum absolute atomic E-state index is 11.8. The van der Waals surface area contributed by atoms with E-state index in [-0.39, 0.29) is 18.6 Å². The van der Waals surface area contributed by atoms with Crippen LogP contribution >= 0.6 is 0 Å². The van der Waals surface area contributed by atoms with Crippen LogP contribution in [0.3, 0.4) is 0 Å². The third-order valence-electron chi connectivity index (χ3n) is 6.18. The van der Waals surface area contributed by atoms with Gasteiger partial charge in [0.2, 0.25) is 5.91 Å². The van der Waals surface area contributed by atoms with Gasteiger partial charge in [0.25, 0.3) is 0 Å². The van der Waals surface area contributed by atoms with Crippen LogP contribution in [0.2, 0.25) is 0 Å². The molecule has 3 aromatic rings. The molecular formula is C21H24N4O3. The lowest BCUT2D eigenvalue weighted by Crippen LogP contribution is -2.32. The van der Waals surface area contributed by atoms with E-state index >= 15 is 0 Å². The van der Waals surface area contributed by atoms with Crippen LogP contribution in [-0.2, 0) is 4.79 Å². The molecule has 0 radical (unpaired) electrons. The second-order valence-electron chi connectivity index (χ2n) is 8.08. The number of nitrogens with one attached hydrogen (secondary N) is 1. The van der Waals surface area contributed by atoms with Gasteiger partial charge in [-0.3, -0.25) is 4.79 Å². The van der Waals surface area contributed by atoms with Crippen LogP contribution in [0, 0.1) is 19.8 Å². The van der Waals surface area contributed by atoms with Crippen molar-refractivity contribution in [3.05, 3.63) is 35.5 Å². The van der Waals surface area contributed by atoms with Crippen LogP contribution in [0.1, 0.15) is 55.0 Å². The first-order chi connectivity index (χ1) is 13.5. The van der Waals surface area contributed by atoms with E-state index in [0.29, 0.717) is 18.4 Å². The van der Waals surface area contributed by atoms with Gasteiger partial charge in [-0.2, -0.15) is 0 Å². The summed E-state index contributed by atoms with van der Waals surface area (Å²) in [5.41, 5.74) is 4.91. The highest BCUT2D eigenvalue weighted by atomic mass is 16.5. The Kier molecular flexibility index (Phi) is 4.01. The largest absolute Gasteiger partial charge is 0.396 e. The minimum Gasteiger partial charge on any atom is -0.396 e. The summed E-state index contributed by atoms with van der Waals surface area (Å²) in [5.74, 6) is 2.17. The lowest BCUT2D eigenvalue weighted by molar-refractivity contribution is -0.119. The molecular weight excluding hydrogens is 356 g/mol. The number of aromatic nitrogens is 3. The Morgan fingerprint density at radius 3 is 2.79 bits per heavy atom. The van der Waals surface area contributed by atoms with Gasteiger partial charge in [-0.1, -0.05) is 11.2 Å². The van der Waals surface area contributed by atoms with Crippen molar-refractivity contribution in [1.82, 2.24) is 20.0 Å². The zero-order chi connectivity index (χ0) is 19.4. The summed E-state index contributed by atoms with van der Waals surface area (Å²) in [4.78, 5) is 16.7. The third-order valence-corrected chi connectivity index (χ3v) is 6.18. The first kappa shape index (κ1) is 17.4. The molecule has 1 atom stereocenters. The number of imidazole rings is 1. The molecule has 3 heterocycles. The van der Waals surface area contributed by atoms with E-state index in [1.54, 1.807) is 0 Å².